The van der Waals surface area contributed by atoms with Crippen LogP contribution in [0.1, 0.15) is 11.1 Å². The third-order valence-corrected chi connectivity index (χ3v) is 2.52. The van der Waals surface area contributed by atoms with Crippen molar-refractivity contribution in [2.24, 2.45) is 0 Å². The van der Waals surface area contributed by atoms with Gasteiger partial charge in [-0.2, -0.15) is 12.6 Å². The number of ether oxygens (including phenoxy) is 1. The second kappa shape index (κ2) is 5.78. The lowest BCUT2D eigenvalue weighted by Crippen LogP contribution is -2.17. The maximum absolute atomic E-state index is 10.7. The highest BCUT2D eigenvalue weighted by atomic mass is 32.1. The highest BCUT2D eigenvalue weighted by Crippen LogP contribution is 2.14. The number of carboxylic acids is 1. The van der Waals surface area contributed by atoms with E-state index >= 15 is 0 Å². The minimum absolute atomic E-state index is 0.415. The van der Waals surface area contributed by atoms with Crippen LogP contribution in [-0.4, -0.2) is 23.4 Å². The van der Waals surface area contributed by atoms with Crippen LogP contribution in [0.4, 0.5) is 0 Å². The molecule has 1 N–H and O–H groups in total. The first-order chi connectivity index (χ1) is 7.15. The zero-order valence-corrected chi connectivity index (χ0v) is 9.41. The molecule has 0 aliphatic heterocycles. The maximum Gasteiger partial charge on any atom is 0.316 e. The van der Waals surface area contributed by atoms with Gasteiger partial charge in [-0.3, -0.25) is 4.79 Å². The van der Waals surface area contributed by atoms with Gasteiger partial charge in [-0.1, -0.05) is 24.3 Å². The molecule has 0 amide bonds. The molecule has 0 aliphatic carbocycles. The van der Waals surface area contributed by atoms with Gasteiger partial charge >= 0.3 is 5.97 Å². The number of rotatable bonds is 5. The fourth-order valence-corrected chi connectivity index (χ4v) is 1.55. The molecule has 0 saturated carbocycles. The number of hydrogen-bond donors (Lipinski definition) is 2. The standard InChI is InChI=1S/C11H14O3S/c1-14-7-9-5-3-2-4-8(9)6-10(15)11(12)13/h2-5,10,15H,6-7H2,1H3,(H,12,13). The Kier molecular flexibility index (Phi) is 4.65. The Balaban J connectivity index is 2.79. The summed E-state index contributed by atoms with van der Waals surface area (Å²) in [6, 6.07) is 7.63. The second-order valence-corrected chi connectivity index (χ2v) is 3.88. The fraction of sp³-hybridized carbons (Fsp3) is 0.364. The van der Waals surface area contributed by atoms with Crippen LogP contribution in [0.15, 0.2) is 24.3 Å². The van der Waals surface area contributed by atoms with E-state index < -0.39 is 11.2 Å². The smallest absolute Gasteiger partial charge is 0.316 e. The van der Waals surface area contributed by atoms with Crippen LogP contribution >= 0.6 is 12.6 Å². The van der Waals surface area contributed by atoms with Gasteiger partial charge in [0.15, 0.2) is 0 Å². The van der Waals surface area contributed by atoms with E-state index in [2.05, 4.69) is 12.6 Å². The Bertz CT molecular complexity index is 338. The van der Waals surface area contributed by atoms with Crippen LogP contribution in [0.5, 0.6) is 0 Å². The fourth-order valence-electron chi connectivity index (χ4n) is 1.35. The van der Waals surface area contributed by atoms with Gasteiger partial charge in [-0.15, -0.1) is 0 Å². The molecule has 0 bridgehead atoms. The highest BCUT2D eigenvalue weighted by molar-refractivity contribution is 7.81. The van der Waals surface area contributed by atoms with Crippen molar-refractivity contribution in [1.82, 2.24) is 0 Å². The Morgan fingerprint density at radius 1 is 1.47 bits per heavy atom. The molecular formula is C11H14O3S. The first kappa shape index (κ1) is 12.1. The summed E-state index contributed by atoms with van der Waals surface area (Å²) in [5.74, 6) is -0.898. The summed E-state index contributed by atoms with van der Waals surface area (Å²) in [7, 11) is 1.62. The summed E-state index contributed by atoms with van der Waals surface area (Å²) in [6.45, 7) is 0.496. The van der Waals surface area contributed by atoms with Gasteiger partial charge in [-0.25, -0.2) is 0 Å². The molecule has 0 radical (unpaired) electrons. The van der Waals surface area contributed by atoms with E-state index in [0.29, 0.717) is 13.0 Å². The normalized spacial score (nSPS) is 12.4. The van der Waals surface area contributed by atoms with E-state index in [-0.39, 0.29) is 0 Å². The van der Waals surface area contributed by atoms with Gasteiger partial charge in [0.25, 0.3) is 0 Å². The number of methoxy groups -OCH3 is 1. The summed E-state index contributed by atoms with van der Waals surface area (Å²) in [5, 5.41) is 8.09. The lowest BCUT2D eigenvalue weighted by atomic mass is 10.0. The first-order valence-corrected chi connectivity index (χ1v) is 5.13. The van der Waals surface area contributed by atoms with Crippen LogP contribution in [0.25, 0.3) is 0 Å². The van der Waals surface area contributed by atoms with Crippen molar-refractivity contribution in [2.75, 3.05) is 7.11 Å². The lowest BCUT2D eigenvalue weighted by molar-refractivity contribution is -0.136. The SMILES string of the molecule is COCc1ccccc1CC(S)C(=O)O. The zero-order chi connectivity index (χ0) is 11.3. The monoisotopic (exact) mass is 226 g/mol. The third kappa shape index (κ3) is 3.57. The van der Waals surface area contributed by atoms with Crippen molar-refractivity contribution in [3.8, 4) is 0 Å². The Morgan fingerprint density at radius 3 is 2.60 bits per heavy atom. The van der Waals surface area contributed by atoms with Gasteiger partial charge in [0, 0.05) is 7.11 Å². The summed E-state index contributed by atoms with van der Waals surface area (Å²) >= 11 is 4.01. The summed E-state index contributed by atoms with van der Waals surface area (Å²) in [5.41, 5.74) is 1.99. The molecule has 0 aromatic heterocycles. The van der Waals surface area contributed by atoms with Crippen LogP contribution in [0, 0.1) is 0 Å². The number of hydrogen-bond acceptors (Lipinski definition) is 3. The van der Waals surface area contributed by atoms with Crippen molar-refractivity contribution < 1.29 is 14.6 Å². The zero-order valence-electron chi connectivity index (χ0n) is 8.51. The maximum atomic E-state index is 10.7. The molecular weight excluding hydrogens is 212 g/mol. The van der Waals surface area contributed by atoms with Crippen LogP contribution in [0.2, 0.25) is 0 Å². The van der Waals surface area contributed by atoms with Crippen molar-refractivity contribution in [3.63, 3.8) is 0 Å². The third-order valence-electron chi connectivity index (χ3n) is 2.12. The van der Waals surface area contributed by atoms with Crippen molar-refractivity contribution in [2.45, 2.75) is 18.3 Å². The van der Waals surface area contributed by atoms with Crippen LogP contribution < -0.4 is 0 Å². The number of carboxylic acid groups (broad SMARTS) is 1. The van der Waals surface area contributed by atoms with E-state index in [1.54, 1.807) is 7.11 Å². The molecule has 1 rings (SSSR count). The number of thiol groups is 1. The van der Waals surface area contributed by atoms with Gasteiger partial charge in [-0.05, 0) is 17.5 Å². The molecule has 15 heavy (non-hydrogen) atoms. The molecule has 1 aromatic carbocycles. The Hall–Kier alpha value is -1.00. The lowest BCUT2D eigenvalue weighted by Gasteiger charge is -2.10. The first-order valence-electron chi connectivity index (χ1n) is 4.61. The van der Waals surface area contributed by atoms with Crippen LogP contribution in [0.3, 0.4) is 0 Å². The van der Waals surface area contributed by atoms with E-state index in [4.69, 9.17) is 9.84 Å². The number of aliphatic carboxylic acids is 1. The van der Waals surface area contributed by atoms with Gasteiger partial charge in [0.1, 0.15) is 5.25 Å². The van der Waals surface area contributed by atoms with Crippen molar-refractivity contribution in [1.29, 1.82) is 0 Å². The largest absolute Gasteiger partial charge is 0.480 e. The Morgan fingerprint density at radius 2 is 2.07 bits per heavy atom. The van der Waals surface area contributed by atoms with E-state index in [1.807, 2.05) is 24.3 Å². The summed E-state index contributed by atoms with van der Waals surface area (Å²) in [4.78, 5) is 10.7. The predicted octanol–water partition coefficient (Wildman–Crippen LogP) is 1.76. The molecule has 0 spiro atoms. The molecule has 0 saturated heterocycles. The average molecular weight is 226 g/mol. The second-order valence-electron chi connectivity index (χ2n) is 3.26. The molecule has 3 nitrogen and oxygen atoms in total. The minimum atomic E-state index is -0.898. The van der Waals surface area contributed by atoms with Crippen LogP contribution in [-0.2, 0) is 22.6 Å². The molecule has 82 valence electrons. The van der Waals surface area contributed by atoms with Gasteiger partial charge in [0.2, 0.25) is 0 Å². The highest BCUT2D eigenvalue weighted by Gasteiger charge is 2.14. The van der Waals surface area contributed by atoms with Gasteiger partial charge in [0.05, 0.1) is 6.61 Å². The molecule has 1 unspecified atom stereocenters. The number of benzene rings is 1. The molecule has 1 atom stereocenters. The quantitative estimate of drug-likeness (QED) is 0.752. The summed E-state index contributed by atoms with van der Waals surface area (Å²) < 4.78 is 5.04. The average Bonchev–Trinajstić information content (AvgIpc) is 2.21. The number of carbonyl (C=O) groups is 1. The predicted molar refractivity (Wildman–Crippen MR) is 61.3 cm³/mol. The van der Waals surface area contributed by atoms with Crippen molar-refractivity contribution >= 4 is 18.6 Å². The molecule has 0 heterocycles. The molecule has 1 aromatic rings. The van der Waals surface area contributed by atoms with Gasteiger partial charge < -0.3 is 9.84 Å². The van der Waals surface area contributed by atoms with Crippen molar-refractivity contribution in [3.05, 3.63) is 35.4 Å². The topological polar surface area (TPSA) is 46.5 Å². The molecule has 4 heteroatoms. The summed E-state index contributed by atoms with van der Waals surface area (Å²) in [6.07, 6.45) is 0.415. The molecule has 0 aliphatic rings. The van der Waals surface area contributed by atoms with E-state index in [0.717, 1.165) is 11.1 Å². The van der Waals surface area contributed by atoms with E-state index in [9.17, 15) is 4.79 Å². The Labute approximate surface area is 94.5 Å². The minimum Gasteiger partial charge on any atom is -0.480 e. The van der Waals surface area contributed by atoms with E-state index in [1.165, 1.54) is 0 Å². The molecule has 0 fully saturated rings.